The molecule has 3 aromatic rings. The molecule has 1 aromatic heterocycles. The van der Waals surface area contributed by atoms with Gasteiger partial charge in [0.1, 0.15) is 0 Å². The molecule has 1 amide bonds. The maximum absolute atomic E-state index is 13.8. The second-order valence-electron chi connectivity index (χ2n) is 8.81. The second kappa shape index (κ2) is 11.9. The Labute approximate surface area is 213 Å². The molecule has 35 heavy (non-hydrogen) atoms. The molecule has 0 unspecified atom stereocenters. The summed E-state index contributed by atoms with van der Waals surface area (Å²) in [7, 11) is -2.39. The highest BCUT2D eigenvalue weighted by Crippen LogP contribution is 2.26. The number of thiophene rings is 1. The zero-order chi connectivity index (χ0) is 25.6. The van der Waals surface area contributed by atoms with Gasteiger partial charge in [-0.15, -0.1) is 11.3 Å². The number of carbonyl (C=O) groups is 1. The van der Waals surface area contributed by atoms with Gasteiger partial charge in [0.05, 0.1) is 24.6 Å². The van der Waals surface area contributed by atoms with Gasteiger partial charge in [-0.05, 0) is 56.5 Å². The van der Waals surface area contributed by atoms with Crippen LogP contribution < -0.4 is 0 Å². The molecular weight excluding hydrogens is 480 g/mol. The van der Waals surface area contributed by atoms with Crippen molar-refractivity contribution in [3.63, 3.8) is 0 Å². The van der Waals surface area contributed by atoms with Gasteiger partial charge in [-0.25, -0.2) is 8.42 Å². The lowest BCUT2D eigenvalue weighted by atomic mass is 10.1. The average molecular weight is 515 g/mol. The Morgan fingerprint density at radius 3 is 2.17 bits per heavy atom. The topological polar surface area (TPSA) is 66.9 Å². The van der Waals surface area contributed by atoms with Crippen LogP contribution in [0.4, 0.5) is 0 Å². The summed E-state index contributed by atoms with van der Waals surface area (Å²) in [5.74, 6) is -0.248. The van der Waals surface area contributed by atoms with Crippen molar-refractivity contribution < 1.29 is 17.9 Å². The Morgan fingerprint density at radius 1 is 0.943 bits per heavy atom. The summed E-state index contributed by atoms with van der Waals surface area (Å²) in [6.07, 6.45) is 0. The number of rotatable bonds is 11. The minimum atomic E-state index is -3.91. The van der Waals surface area contributed by atoms with Gasteiger partial charge in [-0.1, -0.05) is 48.0 Å². The van der Waals surface area contributed by atoms with Crippen molar-refractivity contribution >= 4 is 27.3 Å². The first-order chi connectivity index (χ1) is 16.6. The van der Waals surface area contributed by atoms with Crippen LogP contribution in [0.15, 0.2) is 59.5 Å². The van der Waals surface area contributed by atoms with Gasteiger partial charge in [-0.3, -0.25) is 4.79 Å². The Morgan fingerprint density at radius 2 is 1.60 bits per heavy atom. The molecule has 0 saturated carbocycles. The van der Waals surface area contributed by atoms with Crippen molar-refractivity contribution in [1.82, 2.24) is 9.21 Å². The van der Waals surface area contributed by atoms with Gasteiger partial charge >= 0.3 is 0 Å². The lowest BCUT2D eigenvalue weighted by molar-refractivity contribution is -0.132. The number of amides is 1. The monoisotopic (exact) mass is 514 g/mol. The molecule has 6 nitrogen and oxygen atoms in total. The first-order valence-corrected chi connectivity index (χ1v) is 13.8. The van der Waals surface area contributed by atoms with E-state index in [9.17, 15) is 13.2 Å². The Kier molecular flexibility index (Phi) is 9.24. The fourth-order valence-electron chi connectivity index (χ4n) is 4.23. The first kappa shape index (κ1) is 27.1. The van der Waals surface area contributed by atoms with Crippen LogP contribution >= 0.6 is 11.3 Å². The van der Waals surface area contributed by atoms with E-state index < -0.39 is 10.0 Å². The van der Waals surface area contributed by atoms with Gasteiger partial charge in [0, 0.05) is 30.0 Å². The van der Waals surface area contributed by atoms with Crippen LogP contribution in [0.25, 0.3) is 0 Å². The Hall–Kier alpha value is -2.52. The van der Waals surface area contributed by atoms with E-state index >= 15 is 0 Å². The molecule has 0 aliphatic rings. The molecule has 2 aromatic carbocycles. The molecule has 0 aliphatic carbocycles. The van der Waals surface area contributed by atoms with E-state index in [2.05, 4.69) is 0 Å². The molecule has 0 N–H and O–H groups in total. The molecule has 0 fully saturated rings. The molecule has 0 spiro atoms. The fourth-order valence-corrected chi connectivity index (χ4v) is 6.92. The SMILES string of the molecule is COCCN(CC(=O)N(Cc1ccccc1)Cc1ccc(C)s1)S(=O)(=O)c1c(C)cc(C)cc1C. The molecule has 0 saturated heterocycles. The zero-order valence-electron chi connectivity index (χ0n) is 21.1. The van der Waals surface area contributed by atoms with Gasteiger partial charge in [0.15, 0.2) is 0 Å². The Bertz CT molecular complexity index is 1230. The summed E-state index contributed by atoms with van der Waals surface area (Å²) in [5, 5.41) is 0. The molecule has 3 rings (SSSR count). The second-order valence-corrected chi connectivity index (χ2v) is 12.1. The molecule has 0 bridgehead atoms. The molecular formula is C27H34N2O4S2. The summed E-state index contributed by atoms with van der Waals surface area (Å²) in [6.45, 7) is 8.42. The summed E-state index contributed by atoms with van der Waals surface area (Å²) < 4.78 is 34.0. The number of ether oxygens (including phenoxy) is 1. The number of methoxy groups -OCH3 is 1. The quantitative estimate of drug-likeness (QED) is 0.367. The highest BCUT2D eigenvalue weighted by molar-refractivity contribution is 7.89. The van der Waals surface area contributed by atoms with Crippen LogP contribution in [0.5, 0.6) is 0 Å². The first-order valence-electron chi connectivity index (χ1n) is 11.6. The average Bonchev–Trinajstić information content (AvgIpc) is 3.20. The summed E-state index contributed by atoms with van der Waals surface area (Å²) >= 11 is 1.64. The van der Waals surface area contributed by atoms with Crippen molar-refractivity contribution in [2.45, 2.75) is 45.7 Å². The van der Waals surface area contributed by atoms with E-state index in [4.69, 9.17) is 4.74 Å². The normalized spacial score (nSPS) is 11.7. The zero-order valence-corrected chi connectivity index (χ0v) is 22.7. The smallest absolute Gasteiger partial charge is 0.244 e. The van der Waals surface area contributed by atoms with E-state index in [1.54, 1.807) is 30.1 Å². The number of hydrogen-bond acceptors (Lipinski definition) is 5. The van der Waals surface area contributed by atoms with Crippen LogP contribution in [0.1, 0.15) is 32.0 Å². The van der Waals surface area contributed by atoms with Crippen molar-refractivity contribution in [3.8, 4) is 0 Å². The van der Waals surface area contributed by atoms with E-state index in [1.165, 1.54) is 16.3 Å². The van der Waals surface area contributed by atoms with E-state index in [-0.39, 0.29) is 30.5 Å². The van der Waals surface area contributed by atoms with Crippen molar-refractivity contribution in [2.24, 2.45) is 0 Å². The Balaban J connectivity index is 1.92. The van der Waals surface area contributed by atoms with E-state index in [0.717, 1.165) is 16.0 Å². The van der Waals surface area contributed by atoms with Crippen LogP contribution in [-0.4, -0.2) is 50.3 Å². The van der Waals surface area contributed by atoms with Crippen molar-refractivity contribution in [2.75, 3.05) is 26.8 Å². The van der Waals surface area contributed by atoms with Crippen LogP contribution in [0.2, 0.25) is 0 Å². The largest absolute Gasteiger partial charge is 0.383 e. The maximum Gasteiger partial charge on any atom is 0.244 e. The number of benzene rings is 2. The minimum Gasteiger partial charge on any atom is -0.383 e. The molecule has 0 atom stereocenters. The third-order valence-electron chi connectivity index (χ3n) is 5.77. The summed E-state index contributed by atoms with van der Waals surface area (Å²) in [6, 6.07) is 17.5. The molecule has 1 heterocycles. The van der Waals surface area contributed by atoms with Crippen LogP contribution in [0, 0.1) is 27.7 Å². The predicted molar refractivity (Wildman–Crippen MR) is 141 cm³/mol. The molecule has 188 valence electrons. The number of aryl methyl sites for hydroxylation is 4. The minimum absolute atomic E-state index is 0.0919. The molecule has 8 heteroatoms. The van der Waals surface area contributed by atoms with Crippen LogP contribution in [0.3, 0.4) is 0 Å². The standard InChI is InChI=1S/C27H34N2O4S2/c1-20-15-21(2)27(22(3)16-20)35(31,32)29(13-14-33-5)19-26(30)28(17-24-9-7-6-8-10-24)18-25-12-11-23(4)34-25/h6-12,15-16H,13-14,17-19H2,1-5H3. The highest BCUT2D eigenvalue weighted by Gasteiger charge is 2.31. The lowest BCUT2D eigenvalue weighted by Crippen LogP contribution is -2.44. The third-order valence-corrected chi connectivity index (χ3v) is 8.91. The lowest BCUT2D eigenvalue weighted by Gasteiger charge is -2.28. The van der Waals surface area contributed by atoms with E-state index in [1.807, 2.05) is 68.4 Å². The van der Waals surface area contributed by atoms with E-state index in [0.29, 0.717) is 24.2 Å². The molecule has 0 radical (unpaired) electrons. The predicted octanol–water partition coefficient (Wildman–Crippen LogP) is 4.85. The summed E-state index contributed by atoms with van der Waals surface area (Å²) in [5.41, 5.74) is 3.34. The third kappa shape index (κ3) is 7.01. The fraction of sp³-hybridized carbons (Fsp3) is 0.370. The van der Waals surface area contributed by atoms with Crippen LogP contribution in [-0.2, 0) is 32.6 Å². The number of carbonyl (C=O) groups excluding carboxylic acids is 1. The van der Waals surface area contributed by atoms with Gasteiger partial charge in [-0.2, -0.15) is 4.31 Å². The maximum atomic E-state index is 13.8. The van der Waals surface area contributed by atoms with Gasteiger partial charge in [0.25, 0.3) is 0 Å². The molecule has 0 aliphatic heterocycles. The van der Waals surface area contributed by atoms with Crippen molar-refractivity contribution in [3.05, 3.63) is 86.6 Å². The summed E-state index contributed by atoms with van der Waals surface area (Å²) in [4.78, 5) is 17.8. The van der Waals surface area contributed by atoms with Gasteiger partial charge in [0.2, 0.25) is 15.9 Å². The number of nitrogens with zero attached hydrogens (tertiary/aromatic N) is 2. The van der Waals surface area contributed by atoms with Gasteiger partial charge < -0.3 is 9.64 Å². The van der Waals surface area contributed by atoms with Crippen molar-refractivity contribution in [1.29, 1.82) is 0 Å². The highest BCUT2D eigenvalue weighted by atomic mass is 32.2. The number of sulfonamides is 1. The number of hydrogen-bond donors (Lipinski definition) is 0.